The molecule has 4 aromatic rings. The van der Waals surface area contributed by atoms with Gasteiger partial charge in [-0.25, -0.2) is 4.98 Å². The molecule has 4 heterocycles. The summed E-state index contributed by atoms with van der Waals surface area (Å²) in [5.41, 5.74) is 10.3. The number of hydrogen-bond donors (Lipinski definition) is 0. The van der Waals surface area contributed by atoms with E-state index in [2.05, 4.69) is 82.5 Å². The predicted molar refractivity (Wildman–Crippen MR) is 154 cm³/mol. The fourth-order valence-corrected chi connectivity index (χ4v) is 6.13. The van der Waals surface area contributed by atoms with Gasteiger partial charge in [-0.15, -0.1) is 0 Å². The van der Waals surface area contributed by atoms with Gasteiger partial charge in [0, 0.05) is 51.3 Å². The number of aliphatic imine (C=N–C) groups is 2. The Morgan fingerprint density at radius 3 is 2.70 bits per heavy atom. The molecule has 0 saturated heterocycles. The second-order valence-electron chi connectivity index (χ2n) is 10.8. The largest absolute Gasteiger partial charge is 0.437 e. The average molecular weight is 488 g/mol. The van der Waals surface area contributed by atoms with Crippen LogP contribution in [-0.2, 0) is 12.8 Å². The molecule has 2 atom stereocenters. The van der Waals surface area contributed by atoms with Crippen LogP contribution >= 0.6 is 0 Å². The molecule has 186 valence electrons. The van der Waals surface area contributed by atoms with E-state index in [1.165, 1.54) is 16.7 Å². The SMILES string of the molecule is C=CC1=NC2CC(=C)/N=C(/C)c3c(ccc4c3oc3nc(CC(C)C)ccc34)CCC2c2ccccc21. The molecule has 2 aliphatic rings. The van der Waals surface area contributed by atoms with Crippen LogP contribution in [0.1, 0.15) is 67.5 Å². The summed E-state index contributed by atoms with van der Waals surface area (Å²) in [7, 11) is 0. The molecule has 4 nitrogen and oxygen atoms in total. The molecule has 4 heteroatoms. The van der Waals surface area contributed by atoms with Gasteiger partial charge in [-0.05, 0) is 61.4 Å². The normalized spacial score (nSPS) is 21.1. The average Bonchev–Trinajstić information content (AvgIpc) is 3.24. The number of hydrogen-bond acceptors (Lipinski definition) is 4. The molecule has 37 heavy (non-hydrogen) atoms. The number of allylic oxidation sites excluding steroid dienone is 1. The monoisotopic (exact) mass is 487 g/mol. The van der Waals surface area contributed by atoms with Crippen LogP contribution in [0.5, 0.6) is 0 Å². The maximum absolute atomic E-state index is 6.48. The summed E-state index contributed by atoms with van der Waals surface area (Å²) in [5, 5.41) is 2.15. The van der Waals surface area contributed by atoms with E-state index in [0.717, 1.165) is 70.4 Å². The fourth-order valence-electron chi connectivity index (χ4n) is 6.13. The molecular weight excluding hydrogens is 454 g/mol. The van der Waals surface area contributed by atoms with Crippen LogP contribution in [0, 0.1) is 5.92 Å². The van der Waals surface area contributed by atoms with Crippen molar-refractivity contribution in [3.8, 4) is 0 Å². The highest BCUT2D eigenvalue weighted by molar-refractivity contribution is 6.15. The third kappa shape index (κ3) is 4.15. The summed E-state index contributed by atoms with van der Waals surface area (Å²) in [4.78, 5) is 15.0. The zero-order chi connectivity index (χ0) is 25.7. The summed E-state index contributed by atoms with van der Waals surface area (Å²) >= 11 is 0. The molecule has 2 unspecified atom stereocenters. The third-order valence-electron chi connectivity index (χ3n) is 7.72. The summed E-state index contributed by atoms with van der Waals surface area (Å²) in [6, 6.07) is 17.5. The highest BCUT2D eigenvalue weighted by Crippen LogP contribution is 2.40. The van der Waals surface area contributed by atoms with Gasteiger partial charge in [0.2, 0.25) is 5.71 Å². The minimum absolute atomic E-state index is 0.104. The van der Waals surface area contributed by atoms with Crippen molar-refractivity contribution in [1.82, 2.24) is 4.98 Å². The number of pyridine rings is 1. The Balaban J connectivity index is 1.48. The minimum Gasteiger partial charge on any atom is -0.437 e. The Hall–Kier alpha value is -3.79. The van der Waals surface area contributed by atoms with Crippen molar-refractivity contribution in [2.24, 2.45) is 15.9 Å². The van der Waals surface area contributed by atoms with Gasteiger partial charge in [-0.3, -0.25) is 9.98 Å². The first-order valence-electron chi connectivity index (χ1n) is 13.3. The standard InChI is InChI=1S/C33H33N3O/c1-6-29-25-10-8-7-9-24(25)26-14-11-22-12-15-27-28-16-13-23(17-19(2)3)35-33(28)37-32(27)31(22)21(5)34-20(4)18-30(26)36-29/h6-10,12-13,15-16,19,26,30H,1,4,11,14,17-18H2,2-3,5H3/b34-21-. The highest BCUT2D eigenvalue weighted by Gasteiger charge is 2.31. The molecular formula is C33H33N3O. The quantitative estimate of drug-likeness (QED) is 0.294. The van der Waals surface area contributed by atoms with Crippen molar-refractivity contribution in [2.45, 2.75) is 58.4 Å². The Bertz CT molecular complexity index is 1620. The second kappa shape index (κ2) is 9.26. The lowest BCUT2D eigenvalue weighted by Gasteiger charge is -2.32. The van der Waals surface area contributed by atoms with Crippen LogP contribution in [0.25, 0.3) is 22.1 Å². The van der Waals surface area contributed by atoms with E-state index in [4.69, 9.17) is 19.4 Å². The second-order valence-corrected chi connectivity index (χ2v) is 10.8. The molecule has 2 aromatic heterocycles. The Morgan fingerprint density at radius 1 is 1.08 bits per heavy atom. The van der Waals surface area contributed by atoms with Gasteiger partial charge in [0.05, 0.1) is 11.8 Å². The van der Waals surface area contributed by atoms with E-state index in [1.807, 2.05) is 6.08 Å². The zero-order valence-electron chi connectivity index (χ0n) is 21.9. The summed E-state index contributed by atoms with van der Waals surface area (Å²) in [6.45, 7) is 14.9. The molecule has 0 bridgehead atoms. The van der Waals surface area contributed by atoms with Crippen LogP contribution in [0.3, 0.4) is 0 Å². The van der Waals surface area contributed by atoms with Gasteiger partial charge in [0.25, 0.3) is 0 Å². The Kier molecular flexibility index (Phi) is 5.91. The van der Waals surface area contributed by atoms with Crippen LogP contribution < -0.4 is 0 Å². The van der Waals surface area contributed by atoms with Crippen molar-refractivity contribution in [2.75, 3.05) is 0 Å². The molecule has 0 spiro atoms. The molecule has 0 saturated carbocycles. The lowest BCUT2D eigenvalue weighted by Crippen LogP contribution is -2.27. The first-order valence-corrected chi connectivity index (χ1v) is 13.3. The summed E-state index contributed by atoms with van der Waals surface area (Å²) in [5.74, 6) is 0.841. The van der Waals surface area contributed by atoms with Crippen molar-refractivity contribution in [1.29, 1.82) is 0 Å². The number of furan rings is 1. The van der Waals surface area contributed by atoms with Crippen molar-refractivity contribution < 1.29 is 4.42 Å². The topological polar surface area (TPSA) is 50.8 Å². The van der Waals surface area contributed by atoms with E-state index in [1.54, 1.807) is 0 Å². The van der Waals surface area contributed by atoms with Crippen LogP contribution in [-0.4, -0.2) is 22.4 Å². The van der Waals surface area contributed by atoms with E-state index >= 15 is 0 Å². The van der Waals surface area contributed by atoms with Crippen LogP contribution in [0.2, 0.25) is 0 Å². The predicted octanol–water partition coefficient (Wildman–Crippen LogP) is 7.98. The first-order chi connectivity index (χ1) is 17.9. The molecule has 0 fully saturated rings. The number of aromatic nitrogens is 1. The van der Waals surface area contributed by atoms with E-state index in [0.29, 0.717) is 17.5 Å². The Morgan fingerprint density at radius 2 is 1.89 bits per heavy atom. The molecule has 6 rings (SSSR count). The number of aryl methyl sites for hydroxylation is 1. The number of rotatable bonds is 3. The molecule has 0 N–H and O–H groups in total. The van der Waals surface area contributed by atoms with Crippen LogP contribution in [0.15, 0.2) is 87.9 Å². The molecule has 0 amide bonds. The lowest BCUT2D eigenvalue weighted by atomic mass is 9.78. The van der Waals surface area contributed by atoms with Gasteiger partial charge in [0.15, 0.2) is 0 Å². The lowest BCUT2D eigenvalue weighted by molar-refractivity contribution is 0.490. The molecule has 2 aromatic carbocycles. The minimum atomic E-state index is 0.104. The van der Waals surface area contributed by atoms with E-state index < -0.39 is 0 Å². The molecule has 2 aliphatic heterocycles. The number of fused-ring (bicyclic) bond motifs is 8. The molecule has 0 aliphatic carbocycles. The Labute approximate surface area is 218 Å². The summed E-state index contributed by atoms with van der Waals surface area (Å²) in [6.07, 6.45) is 5.44. The van der Waals surface area contributed by atoms with Gasteiger partial charge in [0.1, 0.15) is 5.58 Å². The van der Waals surface area contributed by atoms with Gasteiger partial charge < -0.3 is 4.42 Å². The first kappa shape index (κ1) is 23.6. The van der Waals surface area contributed by atoms with Crippen LogP contribution in [0.4, 0.5) is 0 Å². The van der Waals surface area contributed by atoms with Gasteiger partial charge in [-0.2, -0.15) is 0 Å². The third-order valence-corrected chi connectivity index (χ3v) is 7.72. The van der Waals surface area contributed by atoms with Crippen molar-refractivity contribution in [3.05, 3.63) is 101 Å². The number of benzene rings is 2. The maximum atomic E-state index is 6.48. The zero-order valence-corrected chi connectivity index (χ0v) is 21.9. The smallest absolute Gasteiger partial charge is 0.227 e. The van der Waals surface area contributed by atoms with Gasteiger partial charge >= 0.3 is 0 Å². The summed E-state index contributed by atoms with van der Waals surface area (Å²) < 4.78 is 6.48. The highest BCUT2D eigenvalue weighted by atomic mass is 16.3. The van der Waals surface area contributed by atoms with Crippen molar-refractivity contribution in [3.63, 3.8) is 0 Å². The van der Waals surface area contributed by atoms with Gasteiger partial charge in [-0.1, -0.05) is 63.4 Å². The van der Waals surface area contributed by atoms with Crippen molar-refractivity contribution >= 4 is 33.5 Å². The molecule has 0 radical (unpaired) electrons. The van der Waals surface area contributed by atoms with E-state index in [-0.39, 0.29) is 6.04 Å². The van der Waals surface area contributed by atoms with E-state index in [9.17, 15) is 0 Å². The fraction of sp³-hybridized carbons (Fsp3) is 0.303. The number of nitrogens with zero attached hydrogens (tertiary/aromatic N) is 3. The maximum Gasteiger partial charge on any atom is 0.227 e.